The van der Waals surface area contributed by atoms with Crippen molar-refractivity contribution in [2.24, 2.45) is 0 Å². The van der Waals surface area contributed by atoms with Crippen LogP contribution >= 0.6 is 11.8 Å². The molecule has 0 aliphatic carbocycles. The van der Waals surface area contributed by atoms with Crippen molar-refractivity contribution in [3.05, 3.63) is 54.0 Å². The first-order valence-electron chi connectivity index (χ1n) is 10.5. The van der Waals surface area contributed by atoms with Crippen molar-refractivity contribution >= 4 is 21.8 Å². The number of aromatic nitrogens is 3. The predicted molar refractivity (Wildman–Crippen MR) is 124 cm³/mol. The van der Waals surface area contributed by atoms with Crippen molar-refractivity contribution in [2.75, 3.05) is 33.2 Å². The van der Waals surface area contributed by atoms with Gasteiger partial charge in [0, 0.05) is 37.9 Å². The Morgan fingerprint density at radius 3 is 2.41 bits per heavy atom. The summed E-state index contributed by atoms with van der Waals surface area (Å²) >= 11 is 1.42. The smallest absolute Gasteiger partial charge is 0.244 e. The molecule has 3 heterocycles. The molecule has 0 radical (unpaired) electrons. The van der Waals surface area contributed by atoms with Gasteiger partial charge >= 0.3 is 0 Å². The van der Waals surface area contributed by atoms with Crippen molar-refractivity contribution in [1.82, 2.24) is 24.3 Å². The van der Waals surface area contributed by atoms with E-state index in [2.05, 4.69) is 46.0 Å². The van der Waals surface area contributed by atoms with Gasteiger partial charge in [-0.25, -0.2) is 13.4 Å². The molecule has 0 N–H and O–H groups in total. The maximum atomic E-state index is 12.8. The van der Waals surface area contributed by atoms with E-state index in [0.717, 1.165) is 18.7 Å². The quantitative estimate of drug-likeness (QED) is 0.482. The van der Waals surface area contributed by atoms with Gasteiger partial charge in [-0.3, -0.25) is 0 Å². The number of rotatable bonds is 7. The molecule has 1 saturated heterocycles. The Kier molecular flexibility index (Phi) is 6.94. The molecule has 0 saturated carbocycles. The maximum Gasteiger partial charge on any atom is 0.244 e. The predicted octanol–water partition coefficient (Wildman–Crippen LogP) is 3.48. The van der Waals surface area contributed by atoms with E-state index in [1.165, 1.54) is 27.8 Å². The molecule has 2 aromatic heterocycles. The van der Waals surface area contributed by atoms with Crippen molar-refractivity contribution in [3.8, 4) is 11.4 Å². The van der Waals surface area contributed by atoms with Gasteiger partial charge in [0.25, 0.3) is 0 Å². The van der Waals surface area contributed by atoms with Gasteiger partial charge in [0.05, 0.1) is 10.8 Å². The molecule has 4 rings (SSSR count). The Morgan fingerprint density at radius 2 is 1.78 bits per heavy atom. The third-order valence-corrected chi connectivity index (χ3v) is 8.27. The van der Waals surface area contributed by atoms with Crippen LogP contribution < -0.4 is 0 Å². The van der Waals surface area contributed by atoms with E-state index in [0.29, 0.717) is 41.5 Å². The molecule has 0 unspecified atom stereocenters. The lowest BCUT2D eigenvalue weighted by molar-refractivity contribution is 0.222. The number of hydrogen-bond donors (Lipinski definition) is 0. The molecule has 3 aromatic rings. The minimum atomic E-state index is -3.51. The average Bonchev–Trinajstić information content (AvgIpc) is 3.27. The summed E-state index contributed by atoms with van der Waals surface area (Å²) in [6.07, 6.45) is 1.42. The highest BCUT2D eigenvalue weighted by molar-refractivity contribution is 7.98. The summed E-state index contributed by atoms with van der Waals surface area (Å²) in [5, 5.41) is 4.77. The van der Waals surface area contributed by atoms with Crippen molar-refractivity contribution < 1.29 is 12.9 Å². The molecule has 0 amide bonds. The largest absolute Gasteiger partial charge is 0.338 e. The Labute approximate surface area is 193 Å². The number of piperazine rings is 1. The van der Waals surface area contributed by atoms with Crippen LogP contribution in [-0.2, 0) is 15.8 Å². The summed E-state index contributed by atoms with van der Waals surface area (Å²) in [6.45, 7) is 6.76. The zero-order valence-corrected chi connectivity index (χ0v) is 20.1. The summed E-state index contributed by atoms with van der Waals surface area (Å²) in [5.74, 6) is 1.97. The van der Waals surface area contributed by atoms with Crippen molar-refractivity contribution in [2.45, 2.75) is 35.4 Å². The van der Waals surface area contributed by atoms with Crippen molar-refractivity contribution in [3.63, 3.8) is 0 Å². The molecule has 0 atom stereocenters. The number of likely N-dealkylation sites (N-methyl/N-ethyl adjacent to an activating group) is 1. The van der Waals surface area contributed by atoms with Crippen LogP contribution in [0.15, 0.2) is 57.0 Å². The van der Waals surface area contributed by atoms with Gasteiger partial charge in [0.1, 0.15) is 4.90 Å². The zero-order valence-electron chi connectivity index (χ0n) is 18.4. The summed E-state index contributed by atoms with van der Waals surface area (Å²) in [4.78, 5) is 11.1. The van der Waals surface area contributed by atoms with E-state index in [4.69, 9.17) is 4.52 Å². The summed E-state index contributed by atoms with van der Waals surface area (Å²) < 4.78 is 32.5. The molecule has 1 aliphatic rings. The Bertz CT molecular complexity index is 1140. The normalized spacial score (nSPS) is 16.0. The van der Waals surface area contributed by atoms with Crippen molar-refractivity contribution in [1.29, 1.82) is 0 Å². The van der Waals surface area contributed by atoms with Crippen LogP contribution in [-0.4, -0.2) is 66.0 Å². The number of pyridine rings is 1. The number of thioether (sulfide) groups is 1. The van der Waals surface area contributed by atoms with Gasteiger partial charge in [-0.2, -0.15) is 9.29 Å². The molecule has 1 aromatic carbocycles. The summed E-state index contributed by atoms with van der Waals surface area (Å²) in [7, 11) is -1.52. The van der Waals surface area contributed by atoms with Crippen LogP contribution in [0.3, 0.4) is 0 Å². The fourth-order valence-electron chi connectivity index (χ4n) is 3.37. The third-order valence-electron chi connectivity index (χ3n) is 5.46. The molecule has 1 aliphatic heterocycles. The van der Waals surface area contributed by atoms with Gasteiger partial charge in [0.2, 0.25) is 21.7 Å². The van der Waals surface area contributed by atoms with Gasteiger partial charge in [-0.1, -0.05) is 55.0 Å². The Hall–Kier alpha value is -2.27. The molecule has 1 fully saturated rings. The van der Waals surface area contributed by atoms with Gasteiger partial charge < -0.3 is 9.42 Å². The van der Waals surface area contributed by atoms with Gasteiger partial charge in [-0.05, 0) is 30.7 Å². The first kappa shape index (κ1) is 22.9. The lowest BCUT2D eigenvalue weighted by Crippen LogP contribution is -2.47. The molecule has 0 spiro atoms. The van der Waals surface area contributed by atoms with Crippen LogP contribution in [0, 0.1) is 0 Å². The van der Waals surface area contributed by atoms with E-state index >= 15 is 0 Å². The first-order chi connectivity index (χ1) is 15.3. The zero-order chi connectivity index (χ0) is 22.7. The average molecular weight is 474 g/mol. The van der Waals surface area contributed by atoms with E-state index in [1.54, 1.807) is 12.1 Å². The topological polar surface area (TPSA) is 92.4 Å². The fourth-order valence-corrected chi connectivity index (χ4v) is 5.41. The Balaban J connectivity index is 1.36. The first-order valence-corrected chi connectivity index (χ1v) is 13.0. The number of hydrogen-bond acceptors (Lipinski definition) is 8. The molecular weight excluding hydrogens is 446 g/mol. The fraction of sp³-hybridized carbons (Fsp3) is 0.409. The second-order valence-electron chi connectivity index (χ2n) is 8.12. The summed E-state index contributed by atoms with van der Waals surface area (Å²) in [6, 6.07) is 11.5. The standard InChI is InChI=1S/C22H27N5O3S2/c1-16(2)17-4-6-18(7-5-17)22-24-20(30-25-22)15-31-21-9-8-19(14-23-21)32(28,29)27-12-10-26(3)11-13-27/h4-9,14,16H,10-13,15H2,1-3H3. The molecule has 10 heteroatoms. The maximum absolute atomic E-state index is 12.8. The number of benzene rings is 1. The van der Waals surface area contributed by atoms with E-state index in [9.17, 15) is 8.42 Å². The lowest BCUT2D eigenvalue weighted by Gasteiger charge is -2.31. The molecule has 0 bridgehead atoms. The molecular formula is C22H27N5O3S2. The molecule has 8 nitrogen and oxygen atoms in total. The second kappa shape index (κ2) is 9.70. The van der Waals surface area contributed by atoms with Gasteiger partial charge in [-0.15, -0.1) is 0 Å². The van der Waals surface area contributed by atoms with Crippen LogP contribution in [0.2, 0.25) is 0 Å². The van der Waals surface area contributed by atoms with E-state index in [-0.39, 0.29) is 4.90 Å². The van der Waals surface area contributed by atoms with E-state index in [1.807, 2.05) is 19.2 Å². The number of sulfonamides is 1. The minimum Gasteiger partial charge on any atom is -0.338 e. The van der Waals surface area contributed by atoms with Crippen LogP contribution in [0.5, 0.6) is 0 Å². The highest BCUT2D eigenvalue weighted by Gasteiger charge is 2.27. The summed E-state index contributed by atoms with van der Waals surface area (Å²) in [5.41, 5.74) is 2.17. The Morgan fingerprint density at radius 1 is 1.06 bits per heavy atom. The minimum absolute atomic E-state index is 0.219. The SMILES string of the molecule is CC(C)c1ccc(-c2noc(CSc3ccc(S(=O)(=O)N4CCN(C)CC4)cn3)n2)cc1. The van der Waals surface area contributed by atoms with Gasteiger partial charge in [0.15, 0.2) is 0 Å². The second-order valence-corrected chi connectivity index (χ2v) is 11.1. The lowest BCUT2D eigenvalue weighted by atomic mass is 10.0. The highest BCUT2D eigenvalue weighted by atomic mass is 32.2. The van der Waals surface area contributed by atoms with Crippen LogP contribution in [0.4, 0.5) is 0 Å². The van der Waals surface area contributed by atoms with E-state index < -0.39 is 10.0 Å². The molecule has 170 valence electrons. The van der Waals surface area contributed by atoms with Crippen LogP contribution in [0.25, 0.3) is 11.4 Å². The highest BCUT2D eigenvalue weighted by Crippen LogP contribution is 2.25. The monoisotopic (exact) mass is 473 g/mol. The number of nitrogens with zero attached hydrogens (tertiary/aromatic N) is 5. The third kappa shape index (κ3) is 5.20. The molecule has 32 heavy (non-hydrogen) atoms. The van der Waals surface area contributed by atoms with Crippen LogP contribution in [0.1, 0.15) is 31.2 Å².